The average Bonchev–Trinajstić information content (AvgIpc) is 3.98. The number of piperazine rings is 2. The highest BCUT2D eigenvalue weighted by Crippen LogP contribution is 2.65. The zero-order valence-electron chi connectivity index (χ0n) is 33.1. The second-order valence-corrected chi connectivity index (χ2v) is 18.5. The second-order valence-electron chi connectivity index (χ2n) is 18.5. The van der Waals surface area contributed by atoms with Gasteiger partial charge in [0.15, 0.2) is 11.6 Å². The lowest BCUT2D eigenvalue weighted by molar-refractivity contribution is -0.154. The van der Waals surface area contributed by atoms with Gasteiger partial charge in [0.05, 0.1) is 6.54 Å². The zero-order chi connectivity index (χ0) is 37.1. The van der Waals surface area contributed by atoms with Gasteiger partial charge in [-0.05, 0) is 82.1 Å². The van der Waals surface area contributed by atoms with Gasteiger partial charge in [-0.15, -0.1) is 0 Å². The van der Waals surface area contributed by atoms with E-state index >= 15 is 0 Å². The Morgan fingerprint density at radius 1 is 0.759 bits per heavy atom. The van der Waals surface area contributed by atoms with E-state index in [9.17, 15) is 14.7 Å². The Kier molecular flexibility index (Phi) is 9.92. The van der Waals surface area contributed by atoms with Crippen molar-refractivity contribution in [1.82, 2.24) is 24.7 Å². The summed E-state index contributed by atoms with van der Waals surface area (Å²) in [5.41, 5.74) is 1.09. The largest absolute Gasteiger partial charge is 0.381 e. The van der Waals surface area contributed by atoms with E-state index in [1.54, 1.807) is 0 Å². The van der Waals surface area contributed by atoms with Gasteiger partial charge in [-0.1, -0.05) is 31.1 Å². The summed E-state index contributed by atoms with van der Waals surface area (Å²) in [6, 6.07) is 2.24. The lowest BCUT2D eigenvalue weighted by Gasteiger charge is -2.54. The van der Waals surface area contributed by atoms with Crippen LogP contribution in [0.4, 0.5) is 17.6 Å². The van der Waals surface area contributed by atoms with E-state index in [0.717, 1.165) is 141 Å². The normalized spacial score (nSPS) is 35.2. The molecule has 4 saturated heterocycles. The predicted octanol–water partition coefficient (Wildman–Crippen LogP) is 4.17. The van der Waals surface area contributed by atoms with Crippen molar-refractivity contribution >= 4 is 29.2 Å². The number of aliphatic hydroxyl groups is 1. The number of carbonyl (C=O) groups is 2. The highest BCUT2D eigenvalue weighted by molar-refractivity contribution is 5.92. The van der Waals surface area contributed by atoms with Crippen LogP contribution < -0.4 is 14.7 Å². The fourth-order valence-electron chi connectivity index (χ4n) is 12.1. The molecule has 6 fully saturated rings. The molecule has 0 bridgehead atoms. The molecule has 5 atom stereocenters. The van der Waals surface area contributed by atoms with Gasteiger partial charge >= 0.3 is 0 Å². The third kappa shape index (κ3) is 6.52. The highest BCUT2D eigenvalue weighted by atomic mass is 16.3. The molecule has 8 aliphatic rings. The molecule has 11 nitrogen and oxygen atoms in total. The lowest BCUT2D eigenvalue weighted by atomic mass is 9.50. The second kappa shape index (κ2) is 14.6. The minimum Gasteiger partial charge on any atom is -0.381 e. The molecule has 0 radical (unpaired) electrons. The van der Waals surface area contributed by atoms with Crippen molar-refractivity contribution in [2.45, 2.75) is 90.1 Å². The number of aromatic nitrogens is 2. The smallest absolute Gasteiger partial charge is 0.229 e. The Morgan fingerprint density at radius 2 is 1.35 bits per heavy atom. The molecule has 4 aliphatic carbocycles. The molecule has 5 heterocycles. The van der Waals surface area contributed by atoms with E-state index in [-0.39, 0.29) is 17.0 Å². The minimum atomic E-state index is -1.27. The molecule has 0 spiro atoms. The molecule has 2 saturated carbocycles. The van der Waals surface area contributed by atoms with Crippen LogP contribution in [0.25, 0.3) is 0 Å². The number of rotatable bonds is 9. The van der Waals surface area contributed by atoms with E-state index in [4.69, 9.17) is 9.97 Å². The van der Waals surface area contributed by atoms with Crippen molar-refractivity contribution in [2.24, 2.45) is 22.7 Å². The first kappa shape index (κ1) is 36.8. The molecule has 54 heavy (non-hydrogen) atoms. The number of carbonyl (C=O) groups excluding carboxylic acids is 2. The summed E-state index contributed by atoms with van der Waals surface area (Å²) >= 11 is 0. The number of allylic oxidation sites excluding steroid dienone is 4. The Labute approximate surface area is 322 Å². The summed E-state index contributed by atoms with van der Waals surface area (Å²) in [6.45, 7) is 19.1. The maximum absolute atomic E-state index is 14.1. The van der Waals surface area contributed by atoms with Crippen LogP contribution >= 0.6 is 0 Å². The topological polar surface area (TPSA) is 99.6 Å². The van der Waals surface area contributed by atoms with Gasteiger partial charge in [0.25, 0.3) is 0 Å². The highest BCUT2D eigenvalue weighted by Gasteiger charge is 2.64. The average molecular weight is 741 g/mol. The molecule has 9 rings (SSSR count). The molecule has 0 amide bonds. The van der Waals surface area contributed by atoms with Crippen LogP contribution in [0.5, 0.6) is 0 Å². The van der Waals surface area contributed by atoms with E-state index in [1.165, 1.54) is 36.8 Å². The van der Waals surface area contributed by atoms with Gasteiger partial charge in [0.2, 0.25) is 5.95 Å². The molecule has 1 aromatic heterocycles. The van der Waals surface area contributed by atoms with Crippen LogP contribution in [0.15, 0.2) is 29.4 Å². The molecule has 0 unspecified atom stereocenters. The van der Waals surface area contributed by atoms with E-state index in [1.807, 2.05) is 6.08 Å². The molecule has 11 heteroatoms. The third-order valence-electron chi connectivity index (χ3n) is 15.7. The van der Waals surface area contributed by atoms with Crippen LogP contribution in [0.3, 0.4) is 0 Å². The Bertz CT molecular complexity index is 1620. The maximum Gasteiger partial charge on any atom is 0.229 e. The maximum atomic E-state index is 14.1. The monoisotopic (exact) mass is 741 g/mol. The van der Waals surface area contributed by atoms with Gasteiger partial charge in [-0.2, -0.15) is 9.97 Å². The number of ketones is 2. The molecular formula is C43H64N8O3. The van der Waals surface area contributed by atoms with Crippen molar-refractivity contribution in [2.75, 3.05) is 113 Å². The van der Waals surface area contributed by atoms with Gasteiger partial charge in [0.1, 0.15) is 17.2 Å². The predicted molar refractivity (Wildman–Crippen MR) is 213 cm³/mol. The van der Waals surface area contributed by atoms with Crippen LogP contribution in [0.1, 0.15) is 84.5 Å². The van der Waals surface area contributed by atoms with E-state index < -0.39 is 11.0 Å². The lowest BCUT2D eigenvalue weighted by Crippen LogP contribution is -2.58. The number of Topliss-reactive ketones (excluding diaryl/α,β-unsaturated/α-hetero) is 1. The molecule has 294 valence electrons. The first-order valence-electron chi connectivity index (χ1n) is 21.6. The Hall–Kier alpha value is -2.86. The molecule has 1 N–H and O–H groups in total. The summed E-state index contributed by atoms with van der Waals surface area (Å²) in [7, 11) is 0. The minimum absolute atomic E-state index is 0.0246. The fraction of sp³-hybridized carbons (Fsp3) is 0.767. The van der Waals surface area contributed by atoms with E-state index in [0.29, 0.717) is 31.2 Å². The number of fused-ring (bicyclic) bond motifs is 5. The first-order chi connectivity index (χ1) is 26.1. The van der Waals surface area contributed by atoms with E-state index in [2.05, 4.69) is 55.4 Å². The van der Waals surface area contributed by atoms with Gasteiger partial charge in [0, 0.05) is 115 Å². The fourth-order valence-corrected chi connectivity index (χ4v) is 12.1. The molecule has 1 aromatic rings. The molecule has 0 aromatic carbocycles. The number of nitrogens with zero attached hydrogens (tertiary/aromatic N) is 8. The first-order valence-corrected chi connectivity index (χ1v) is 21.6. The van der Waals surface area contributed by atoms with Crippen molar-refractivity contribution < 1.29 is 14.7 Å². The molecular weight excluding hydrogens is 677 g/mol. The SMILES string of the molecule is C[C@]12CCC(=O)C=C1CC[C@@H]1C2=CC[C@@]2(C)[C@H]1CC[C@]2(O)C(=O)CN1CCN(CCN2CCN(c3cc(N4CCCC4)nc(N4CCCC4)n3)CC2)CC1. The van der Waals surface area contributed by atoms with Crippen molar-refractivity contribution in [3.8, 4) is 0 Å². The third-order valence-corrected chi connectivity index (χ3v) is 15.7. The summed E-state index contributed by atoms with van der Waals surface area (Å²) in [4.78, 5) is 51.2. The summed E-state index contributed by atoms with van der Waals surface area (Å²) in [5.74, 6) is 4.14. The van der Waals surface area contributed by atoms with Crippen LogP contribution in [0, 0.1) is 22.7 Å². The summed E-state index contributed by atoms with van der Waals surface area (Å²) in [6.07, 6.45) is 15.0. The van der Waals surface area contributed by atoms with Gasteiger partial charge < -0.3 is 19.8 Å². The number of anilines is 3. The standard InChI is InChI=1S/C43H64N8O3/c1-41-12-9-33(52)29-32(41)7-8-34-35(41)10-13-42(2)36(34)11-14-43(42,54)37(53)31-48-23-21-46(22-24-48)19-20-47-25-27-50(28-26-47)39-30-38(49-15-3-4-16-49)44-40(45-39)51-17-5-6-18-51/h10,29-30,34,36,54H,3-9,11-28,31H2,1-2H3/t34-,36+,41+,42+,43+/m1/s1. The van der Waals surface area contributed by atoms with Crippen LogP contribution in [-0.2, 0) is 9.59 Å². The number of hydrogen-bond donors (Lipinski definition) is 1. The quantitative estimate of drug-likeness (QED) is 0.370. The van der Waals surface area contributed by atoms with Crippen LogP contribution in [-0.4, -0.2) is 145 Å². The summed E-state index contributed by atoms with van der Waals surface area (Å²) < 4.78 is 0. The van der Waals surface area contributed by atoms with Crippen molar-refractivity contribution in [1.29, 1.82) is 0 Å². The van der Waals surface area contributed by atoms with Gasteiger partial charge in [-0.25, -0.2) is 0 Å². The van der Waals surface area contributed by atoms with Crippen LogP contribution in [0.2, 0.25) is 0 Å². The molecule has 4 aliphatic heterocycles. The Morgan fingerprint density at radius 3 is 2.02 bits per heavy atom. The van der Waals surface area contributed by atoms with Crippen molar-refractivity contribution in [3.05, 3.63) is 29.4 Å². The zero-order valence-corrected chi connectivity index (χ0v) is 33.1. The van der Waals surface area contributed by atoms with Crippen molar-refractivity contribution in [3.63, 3.8) is 0 Å². The summed E-state index contributed by atoms with van der Waals surface area (Å²) in [5, 5.41) is 12.3. The Balaban J connectivity index is 0.752. The van der Waals surface area contributed by atoms with Gasteiger partial charge in [-0.3, -0.25) is 24.3 Å². The number of hydrogen-bond acceptors (Lipinski definition) is 11.